The lowest BCUT2D eigenvalue weighted by molar-refractivity contribution is -0.274. The predicted octanol–water partition coefficient (Wildman–Crippen LogP) is 3.57. The first kappa shape index (κ1) is 21.2. The third-order valence-electron chi connectivity index (χ3n) is 4.60. The van der Waals surface area contributed by atoms with Crippen LogP contribution in [-0.2, 0) is 10.0 Å². The average molecular weight is 431 g/mol. The van der Waals surface area contributed by atoms with E-state index in [1.54, 1.807) is 13.8 Å². The van der Waals surface area contributed by atoms with Gasteiger partial charge in [-0.15, -0.1) is 13.2 Å². The first-order valence-corrected chi connectivity index (χ1v) is 10.3. The molecule has 0 saturated carbocycles. The topological polar surface area (TPSA) is 91.5 Å². The fourth-order valence-electron chi connectivity index (χ4n) is 3.34. The molecule has 11 heteroatoms. The number of aromatic amines is 1. The van der Waals surface area contributed by atoms with E-state index in [0.717, 1.165) is 25.0 Å². The molecule has 0 aliphatic carbocycles. The van der Waals surface area contributed by atoms with Crippen molar-refractivity contribution >= 4 is 21.6 Å². The fraction of sp³-hybridized carbons (Fsp3) is 0.389. The number of benzene rings is 1. The second-order valence-corrected chi connectivity index (χ2v) is 8.59. The van der Waals surface area contributed by atoms with E-state index < -0.39 is 28.0 Å². The zero-order valence-corrected chi connectivity index (χ0v) is 16.6. The Kier molecular flexibility index (Phi) is 5.63. The number of nitrogens with zero attached hydrogens (tertiary/aromatic N) is 1. The molecule has 1 amide bonds. The van der Waals surface area contributed by atoms with Crippen LogP contribution in [-0.4, -0.2) is 43.1 Å². The summed E-state index contributed by atoms with van der Waals surface area (Å²) in [6, 6.07) is 4.65. The van der Waals surface area contributed by atoms with Gasteiger partial charge >= 0.3 is 6.36 Å². The van der Waals surface area contributed by atoms with Crippen LogP contribution in [0, 0.1) is 13.8 Å². The Morgan fingerprint density at radius 2 is 1.72 bits per heavy atom. The number of H-pyrrole nitrogens is 1. The molecule has 1 aromatic heterocycles. The number of amides is 1. The van der Waals surface area contributed by atoms with Crippen LogP contribution >= 0.6 is 0 Å². The van der Waals surface area contributed by atoms with E-state index in [0.29, 0.717) is 24.3 Å². The Hall–Kier alpha value is -2.53. The molecule has 29 heavy (non-hydrogen) atoms. The van der Waals surface area contributed by atoms with Crippen LogP contribution in [0.4, 0.5) is 18.9 Å². The van der Waals surface area contributed by atoms with Gasteiger partial charge in [0.2, 0.25) is 10.0 Å². The zero-order chi connectivity index (χ0) is 21.4. The lowest BCUT2D eigenvalue weighted by atomic mass is 10.2. The van der Waals surface area contributed by atoms with E-state index in [2.05, 4.69) is 15.0 Å². The number of carbonyl (C=O) groups is 1. The molecular weight excluding hydrogens is 411 g/mol. The number of ether oxygens (including phenoxy) is 1. The van der Waals surface area contributed by atoms with E-state index in [-0.39, 0.29) is 16.3 Å². The maximum Gasteiger partial charge on any atom is 0.573 e. The Morgan fingerprint density at radius 3 is 2.28 bits per heavy atom. The maximum absolute atomic E-state index is 12.9. The van der Waals surface area contributed by atoms with Crippen molar-refractivity contribution in [3.8, 4) is 5.75 Å². The monoisotopic (exact) mass is 431 g/mol. The quantitative estimate of drug-likeness (QED) is 0.757. The number of rotatable bonds is 5. The van der Waals surface area contributed by atoms with Crippen LogP contribution in [0.3, 0.4) is 0 Å². The molecule has 0 spiro atoms. The minimum absolute atomic E-state index is 0.0795. The van der Waals surface area contributed by atoms with Gasteiger partial charge < -0.3 is 15.0 Å². The number of aryl methyl sites for hydroxylation is 1. The summed E-state index contributed by atoms with van der Waals surface area (Å²) in [6.07, 6.45) is -3.22. The van der Waals surface area contributed by atoms with Gasteiger partial charge in [0.05, 0.1) is 0 Å². The Labute approximate surface area is 165 Å². The molecule has 1 aliphatic rings. The number of aromatic nitrogens is 1. The largest absolute Gasteiger partial charge is 0.573 e. The van der Waals surface area contributed by atoms with Crippen LogP contribution in [0.5, 0.6) is 5.75 Å². The average Bonchev–Trinajstić information content (AvgIpc) is 3.24. The van der Waals surface area contributed by atoms with Gasteiger partial charge in [0.15, 0.2) is 0 Å². The number of halogens is 3. The van der Waals surface area contributed by atoms with Gasteiger partial charge in [-0.25, -0.2) is 8.42 Å². The molecule has 0 unspecified atom stereocenters. The van der Waals surface area contributed by atoms with E-state index in [4.69, 9.17) is 0 Å². The van der Waals surface area contributed by atoms with Gasteiger partial charge in [-0.2, -0.15) is 4.31 Å². The van der Waals surface area contributed by atoms with Gasteiger partial charge in [0.25, 0.3) is 5.91 Å². The van der Waals surface area contributed by atoms with E-state index in [9.17, 15) is 26.4 Å². The van der Waals surface area contributed by atoms with Crippen LogP contribution in [0.15, 0.2) is 29.2 Å². The van der Waals surface area contributed by atoms with E-state index >= 15 is 0 Å². The highest BCUT2D eigenvalue weighted by Crippen LogP contribution is 2.29. The summed E-state index contributed by atoms with van der Waals surface area (Å²) in [6.45, 7) is 4.01. The summed E-state index contributed by atoms with van der Waals surface area (Å²) in [5, 5.41) is 2.54. The third-order valence-corrected chi connectivity index (χ3v) is 6.78. The number of carbonyl (C=O) groups excluding carboxylic acids is 1. The van der Waals surface area contributed by atoms with Crippen molar-refractivity contribution in [2.75, 3.05) is 18.4 Å². The van der Waals surface area contributed by atoms with Crippen molar-refractivity contribution in [3.63, 3.8) is 0 Å². The number of anilines is 1. The van der Waals surface area contributed by atoms with Gasteiger partial charge in [-0.1, -0.05) is 0 Å². The van der Waals surface area contributed by atoms with E-state index in [1.165, 1.54) is 16.4 Å². The molecule has 158 valence electrons. The molecule has 3 rings (SSSR count). The normalized spacial score (nSPS) is 15.5. The molecule has 0 bridgehead atoms. The van der Waals surface area contributed by atoms with Gasteiger partial charge in [-0.3, -0.25) is 4.79 Å². The lowest BCUT2D eigenvalue weighted by Crippen LogP contribution is -2.28. The molecule has 1 fully saturated rings. The van der Waals surface area contributed by atoms with Gasteiger partial charge in [-0.05, 0) is 56.5 Å². The first-order chi connectivity index (χ1) is 13.5. The highest BCUT2D eigenvalue weighted by molar-refractivity contribution is 7.89. The van der Waals surface area contributed by atoms with E-state index in [1.807, 2.05) is 0 Å². The molecule has 1 saturated heterocycles. The highest BCUT2D eigenvalue weighted by Gasteiger charge is 2.33. The predicted molar refractivity (Wildman–Crippen MR) is 99.3 cm³/mol. The molecular formula is C18H20F3N3O4S. The lowest BCUT2D eigenvalue weighted by Gasteiger charge is -2.16. The maximum atomic E-state index is 12.9. The smallest absolute Gasteiger partial charge is 0.406 e. The minimum atomic E-state index is -4.80. The summed E-state index contributed by atoms with van der Waals surface area (Å²) < 4.78 is 67.6. The molecule has 1 aliphatic heterocycles. The number of alkyl halides is 3. The van der Waals surface area contributed by atoms with Crippen molar-refractivity contribution < 1.29 is 31.1 Å². The molecule has 7 nitrogen and oxygen atoms in total. The third kappa shape index (κ3) is 4.56. The summed E-state index contributed by atoms with van der Waals surface area (Å²) in [7, 11) is -3.71. The summed E-state index contributed by atoms with van der Waals surface area (Å²) >= 11 is 0. The van der Waals surface area contributed by atoms with Crippen molar-refractivity contribution in [2.24, 2.45) is 0 Å². The van der Waals surface area contributed by atoms with Crippen LogP contribution in [0.1, 0.15) is 34.6 Å². The fourth-order valence-corrected chi connectivity index (χ4v) is 5.26. The first-order valence-electron chi connectivity index (χ1n) is 8.85. The zero-order valence-electron chi connectivity index (χ0n) is 15.8. The van der Waals surface area contributed by atoms with Crippen LogP contribution in [0.2, 0.25) is 0 Å². The Morgan fingerprint density at radius 1 is 1.14 bits per heavy atom. The SMILES string of the molecule is Cc1[nH]c(C(=O)Nc2ccc(OC(F)(F)F)cc2)c(C)c1S(=O)(=O)N1CCCC1. The number of hydrogen-bond acceptors (Lipinski definition) is 4. The second-order valence-electron chi connectivity index (χ2n) is 6.72. The Balaban J connectivity index is 1.80. The number of nitrogens with one attached hydrogen (secondary N) is 2. The van der Waals surface area contributed by atoms with Crippen LogP contribution < -0.4 is 10.1 Å². The molecule has 2 N–H and O–H groups in total. The van der Waals surface area contributed by atoms with Crippen molar-refractivity contribution in [1.29, 1.82) is 0 Å². The van der Waals surface area contributed by atoms with Gasteiger partial charge in [0, 0.05) is 24.5 Å². The Bertz CT molecular complexity index is 1010. The standard InChI is InChI=1S/C18H20F3N3O4S/c1-11-15(22-12(2)16(11)29(26,27)24-9-3-4-10-24)17(25)23-13-5-7-14(8-6-13)28-18(19,20)21/h5-8,22H,3-4,9-10H2,1-2H3,(H,23,25). The van der Waals surface area contributed by atoms with Crippen LogP contribution in [0.25, 0.3) is 0 Å². The summed E-state index contributed by atoms with van der Waals surface area (Å²) in [5.41, 5.74) is 0.966. The summed E-state index contributed by atoms with van der Waals surface area (Å²) in [5.74, 6) is -1.01. The van der Waals surface area contributed by atoms with Gasteiger partial charge in [0.1, 0.15) is 16.3 Å². The molecule has 1 aromatic carbocycles. The van der Waals surface area contributed by atoms with Crippen molar-refractivity contribution in [1.82, 2.24) is 9.29 Å². The molecule has 0 radical (unpaired) electrons. The minimum Gasteiger partial charge on any atom is -0.406 e. The van der Waals surface area contributed by atoms with Crippen molar-refractivity contribution in [2.45, 2.75) is 37.9 Å². The summed E-state index contributed by atoms with van der Waals surface area (Å²) in [4.78, 5) is 15.5. The number of sulfonamides is 1. The number of hydrogen-bond donors (Lipinski definition) is 2. The molecule has 0 atom stereocenters. The highest BCUT2D eigenvalue weighted by atomic mass is 32.2. The van der Waals surface area contributed by atoms with Crippen molar-refractivity contribution in [3.05, 3.63) is 41.2 Å². The second kappa shape index (κ2) is 7.71. The molecule has 2 aromatic rings. The molecule has 2 heterocycles.